The molecule has 0 unspecified atom stereocenters. The van der Waals surface area contributed by atoms with Gasteiger partial charge in [0.25, 0.3) is 5.91 Å². The Morgan fingerprint density at radius 1 is 1.04 bits per heavy atom. The summed E-state index contributed by atoms with van der Waals surface area (Å²) in [6.07, 6.45) is 0. The molecule has 27 heavy (non-hydrogen) atoms. The van der Waals surface area contributed by atoms with Crippen LogP contribution in [0.4, 0.5) is 5.69 Å². The average molecular weight is 377 g/mol. The molecule has 0 radical (unpaired) electrons. The van der Waals surface area contributed by atoms with Crippen molar-refractivity contribution in [3.8, 4) is 11.5 Å². The number of aromatic nitrogens is 1. The van der Waals surface area contributed by atoms with Crippen LogP contribution < -0.4 is 5.32 Å². The quantitative estimate of drug-likeness (QED) is 0.475. The van der Waals surface area contributed by atoms with Gasteiger partial charge in [0.15, 0.2) is 5.58 Å². The van der Waals surface area contributed by atoms with E-state index in [2.05, 4.69) is 10.3 Å². The van der Waals surface area contributed by atoms with Gasteiger partial charge in [-0.25, -0.2) is 4.98 Å². The Balaban J connectivity index is 1.68. The van der Waals surface area contributed by atoms with Crippen LogP contribution in [-0.4, -0.2) is 10.9 Å². The minimum absolute atomic E-state index is 0.256. The summed E-state index contributed by atoms with van der Waals surface area (Å²) in [7, 11) is 0. The molecule has 1 amide bonds. The highest BCUT2D eigenvalue weighted by Crippen LogP contribution is 2.29. The Morgan fingerprint density at radius 3 is 2.67 bits per heavy atom. The predicted molar refractivity (Wildman–Crippen MR) is 108 cm³/mol. The number of aryl methyl sites for hydroxylation is 2. The molecule has 4 aromatic rings. The number of halogens is 1. The van der Waals surface area contributed by atoms with Crippen LogP contribution in [0.1, 0.15) is 21.5 Å². The van der Waals surface area contributed by atoms with E-state index in [0.29, 0.717) is 22.2 Å². The SMILES string of the molecule is Cc1ccc2oc(-c3ccc(C)c(NC(=O)c4ccccc4Cl)c3)nc2c1. The molecule has 0 fully saturated rings. The number of carbonyl (C=O) groups excluding carboxylic acids is 1. The van der Waals surface area contributed by atoms with Crippen LogP contribution in [0, 0.1) is 13.8 Å². The fraction of sp³-hybridized carbons (Fsp3) is 0.0909. The van der Waals surface area contributed by atoms with Gasteiger partial charge < -0.3 is 9.73 Å². The molecule has 0 aliphatic heterocycles. The van der Waals surface area contributed by atoms with Gasteiger partial charge >= 0.3 is 0 Å². The molecular formula is C22H17ClN2O2. The van der Waals surface area contributed by atoms with Crippen LogP contribution in [0.25, 0.3) is 22.6 Å². The lowest BCUT2D eigenvalue weighted by Gasteiger charge is -2.10. The van der Waals surface area contributed by atoms with Crippen molar-refractivity contribution >= 4 is 34.3 Å². The predicted octanol–water partition coefficient (Wildman–Crippen LogP) is 6.02. The molecular weight excluding hydrogens is 360 g/mol. The van der Waals surface area contributed by atoms with Crippen LogP contribution in [-0.2, 0) is 0 Å². The summed E-state index contributed by atoms with van der Waals surface area (Å²) in [5.74, 6) is 0.262. The molecule has 0 aliphatic carbocycles. The highest BCUT2D eigenvalue weighted by Gasteiger charge is 2.14. The first-order valence-electron chi connectivity index (χ1n) is 8.55. The summed E-state index contributed by atoms with van der Waals surface area (Å²) in [6, 6.07) is 18.6. The Kier molecular flexibility index (Phi) is 4.42. The number of hydrogen-bond donors (Lipinski definition) is 1. The molecule has 1 N–H and O–H groups in total. The van der Waals surface area contributed by atoms with Gasteiger partial charge in [-0.3, -0.25) is 4.79 Å². The van der Waals surface area contributed by atoms with Crippen LogP contribution in [0.5, 0.6) is 0 Å². The Morgan fingerprint density at radius 2 is 1.85 bits per heavy atom. The topological polar surface area (TPSA) is 55.1 Å². The van der Waals surface area contributed by atoms with Crippen LogP contribution in [0.3, 0.4) is 0 Å². The first-order chi connectivity index (χ1) is 13.0. The van der Waals surface area contributed by atoms with Crippen molar-refractivity contribution < 1.29 is 9.21 Å². The summed E-state index contributed by atoms with van der Waals surface area (Å²) in [4.78, 5) is 17.1. The molecule has 0 saturated heterocycles. The molecule has 3 aromatic carbocycles. The number of benzene rings is 3. The molecule has 0 spiro atoms. The van der Waals surface area contributed by atoms with Crippen molar-refractivity contribution in [3.05, 3.63) is 82.4 Å². The van der Waals surface area contributed by atoms with Crippen molar-refractivity contribution in [3.63, 3.8) is 0 Å². The number of rotatable bonds is 3. The van der Waals surface area contributed by atoms with E-state index in [9.17, 15) is 4.79 Å². The summed E-state index contributed by atoms with van der Waals surface area (Å²) in [5, 5.41) is 3.34. The van der Waals surface area contributed by atoms with E-state index < -0.39 is 0 Å². The van der Waals surface area contributed by atoms with Crippen molar-refractivity contribution in [2.24, 2.45) is 0 Å². The molecule has 4 nitrogen and oxygen atoms in total. The molecule has 0 atom stereocenters. The maximum atomic E-state index is 12.6. The van der Waals surface area contributed by atoms with Gasteiger partial charge in [0.2, 0.25) is 5.89 Å². The maximum absolute atomic E-state index is 12.6. The van der Waals surface area contributed by atoms with Gasteiger partial charge in [0, 0.05) is 11.3 Å². The number of nitrogens with one attached hydrogen (secondary N) is 1. The zero-order valence-electron chi connectivity index (χ0n) is 14.9. The molecule has 0 saturated carbocycles. The standard InChI is InChI=1S/C22H17ClN2O2/c1-13-7-10-20-19(11-13)25-22(27-20)15-9-8-14(2)18(12-15)24-21(26)16-5-3-4-6-17(16)23/h3-12H,1-2H3,(H,24,26). The number of oxazole rings is 1. The van der Waals surface area contributed by atoms with Crippen LogP contribution >= 0.6 is 11.6 Å². The fourth-order valence-corrected chi connectivity index (χ4v) is 3.11. The largest absolute Gasteiger partial charge is 0.436 e. The zero-order valence-corrected chi connectivity index (χ0v) is 15.7. The second-order valence-corrected chi connectivity index (χ2v) is 6.86. The molecule has 4 rings (SSSR count). The summed E-state index contributed by atoms with van der Waals surface area (Å²) < 4.78 is 5.87. The summed E-state index contributed by atoms with van der Waals surface area (Å²) in [6.45, 7) is 3.95. The Hall–Kier alpha value is -3.11. The number of amides is 1. The summed E-state index contributed by atoms with van der Waals surface area (Å²) in [5.41, 5.74) is 5.52. The monoisotopic (exact) mass is 376 g/mol. The second-order valence-electron chi connectivity index (χ2n) is 6.45. The van der Waals surface area contributed by atoms with Gasteiger partial charge in [0.1, 0.15) is 5.52 Å². The normalized spacial score (nSPS) is 10.9. The minimum Gasteiger partial charge on any atom is -0.436 e. The average Bonchev–Trinajstić information content (AvgIpc) is 3.07. The van der Waals surface area contributed by atoms with Crippen molar-refractivity contribution in [1.29, 1.82) is 0 Å². The van der Waals surface area contributed by atoms with E-state index in [4.69, 9.17) is 16.0 Å². The van der Waals surface area contributed by atoms with Crippen molar-refractivity contribution in [1.82, 2.24) is 4.98 Å². The van der Waals surface area contributed by atoms with E-state index in [1.165, 1.54) is 0 Å². The lowest BCUT2D eigenvalue weighted by atomic mass is 10.1. The Labute approximate surface area is 161 Å². The van der Waals surface area contributed by atoms with Crippen LogP contribution in [0.2, 0.25) is 5.02 Å². The molecule has 5 heteroatoms. The lowest BCUT2D eigenvalue weighted by molar-refractivity contribution is 0.102. The van der Waals surface area contributed by atoms with Gasteiger partial charge in [0.05, 0.1) is 10.6 Å². The van der Waals surface area contributed by atoms with E-state index in [1.54, 1.807) is 24.3 Å². The number of fused-ring (bicyclic) bond motifs is 1. The van der Waals surface area contributed by atoms with Gasteiger partial charge in [-0.15, -0.1) is 0 Å². The van der Waals surface area contributed by atoms with E-state index in [1.807, 2.05) is 50.2 Å². The van der Waals surface area contributed by atoms with E-state index in [0.717, 1.165) is 27.8 Å². The van der Waals surface area contributed by atoms with Crippen molar-refractivity contribution in [2.45, 2.75) is 13.8 Å². The minimum atomic E-state index is -0.256. The highest BCUT2D eigenvalue weighted by atomic mass is 35.5. The third-order valence-corrected chi connectivity index (χ3v) is 4.72. The highest BCUT2D eigenvalue weighted by molar-refractivity contribution is 6.34. The van der Waals surface area contributed by atoms with Crippen molar-refractivity contribution in [2.75, 3.05) is 5.32 Å². The van der Waals surface area contributed by atoms with E-state index >= 15 is 0 Å². The number of hydrogen-bond acceptors (Lipinski definition) is 3. The van der Waals surface area contributed by atoms with Crippen LogP contribution in [0.15, 0.2) is 65.1 Å². The lowest BCUT2D eigenvalue weighted by Crippen LogP contribution is -2.13. The third kappa shape index (κ3) is 3.44. The summed E-state index contributed by atoms with van der Waals surface area (Å²) >= 11 is 6.12. The molecule has 1 aromatic heterocycles. The van der Waals surface area contributed by atoms with Gasteiger partial charge in [-0.1, -0.05) is 35.9 Å². The first kappa shape index (κ1) is 17.3. The smallest absolute Gasteiger partial charge is 0.257 e. The Bertz CT molecular complexity index is 1160. The third-order valence-electron chi connectivity index (χ3n) is 4.39. The molecule has 0 aliphatic rings. The first-order valence-corrected chi connectivity index (χ1v) is 8.93. The van der Waals surface area contributed by atoms with Gasteiger partial charge in [-0.05, 0) is 61.4 Å². The van der Waals surface area contributed by atoms with E-state index in [-0.39, 0.29) is 5.91 Å². The number of carbonyl (C=O) groups is 1. The fourth-order valence-electron chi connectivity index (χ4n) is 2.89. The molecule has 1 heterocycles. The second kappa shape index (κ2) is 6.89. The number of anilines is 1. The zero-order chi connectivity index (χ0) is 19.0. The maximum Gasteiger partial charge on any atom is 0.257 e. The molecule has 0 bridgehead atoms. The molecule has 134 valence electrons. The number of nitrogens with zero attached hydrogens (tertiary/aromatic N) is 1. The van der Waals surface area contributed by atoms with Gasteiger partial charge in [-0.2, -0.15) is 0 Å².